The van der Waals surface area contributed by atoms with E-state index in [0.29, 0.717) is 12.2 Å². The smallest absolute Gasteiger partial charge is 0.327 e. The van der Waals surface area contributed by atoms with Crippen LogP contribution in [0.15, 0.2) is 9.59 Å². The normalized spacial score (nSPS) is 11.9. The minimum absolute atomic E-state index is 0.0169. The number of nitrogens with one attached hydrogen (secondary N) is 3. The summed E-state index contributed by atoms with van der Waals surface area (Å²) in [5.74, 6) is -0.430. The quantitative estimate of drug-likeness (QED) is 0.617. The molecule has 102 valence electrons. The maximum atomic E-state index is 11.5. The van der Waals surface area contributed by atoms with Crippen LogP contribution in [0.1, 0.15) is 26.1 Å². The van der Waals surface area contributed by atoms with E-state index in [2.05, 4.69) is 19.9 Å². The zero-order valence-corrected chi connectivity index (χ0v) is 10.5. The van der Waals surface area contributed by atoms with Crippen molar-refractivity contribution in [1.29, 1.82) is 0 Å². The zero-order valence-electron chi connectivity index (χ0n) is 10.5. The van der Waals surface area contributed by atoms with Crippen LogP contribution in [-0.2, 0) is 11.2 Å². The summed E-state index contributed by atoms with van der Waals surface area (Å²) in [5, 5.41) is 8.81. The van der Waals surface area contributed by atoms with E-state index in [1.165, 1.54) is 0 Å². The van der Waals surface area contributed by atoms with E-state index in [1.54, 1.807) is 13.8 Å². The molecule has 19 heavy (non-hydrogen) atoms. The number of rotatable bonds is 4. The van der Waals surface area contributed by atoms with Gasteiger partial charge in [0.15, 0.2) is 5.65 Å². The number of aromatic nitrogens is 4. The summed E-state index contributed by atoms with van der Waals surface area (Å²) in [7, 11) is 0. The molecule has 0 aromatic carbocycles. The average Bonchev–Trinajstić information content (AvgIpc) is 2.56. The van der Waals surface area contributed by atoms with E-state index in [9.17, 15) is 14.4 Å². The maximum absolute atomic E-state index is 11.5. The van der Waals surface area contributed by atoms with Gasteiger partial charge in [-0.2, -0.15) is 0 Å². The third-order valence-electron chi connectivity index (χ3n) is 2.71. The summed E-state index contributed by atoms with van der Waals surface area (Å²) in [5.41, 5.74) is -1.32. The minimum Gasteiger partial charge on any atom is -0.481 e. The van der Waals surface area contributed by atoms with Crippen LogP contribution in [0.3, 0.4) is 0 Å². The van der Waals surface area contributed by atoms with E-state index in [1.807, 2.05) is 0 Å². The van der Waals surface area contributed by atoms with Crippen molar-refractivity contribution in [3.05, 3.63) is 26.7 Å². The molecule has 0 amide bonds. The fraction of sp³-hybridized carbons (Fsp3) is 0.455. The van der Waals surface area contributed by atoms with Gasteiger partial charge in [-0.05, 0) is 5.41 Å². The van der Waals surface area contributed by atoms with E-state index < -0.39 is 22.6 Å². The molecule has 0 saturated carbocycles. The maximum Gasteiger partial charge on any atom is 0.327 e. The van der Waals surface area contributed by atoms with E-state index in [-0.39, 0.29) is 17.6 Å². The van der Waals surface area contributed by atoms with Crippen molar-refractivity contribution >= 4 is 17.1 Å². The van der Waals surface area contributed by atoms with Gasteiger partial charge in [0.1, 0.15) is 11.3 Å². The molecule has 0 radical (unpaired) electrons. The Balaban J connectivity index is 2.37. The van der Waals surface area contributed by atoms with Crippen LogP contribution in [0.25, 0.3) is 11.2 Å². The first kappa shape index (κ1) is 13.1. The van der Waals surface area contributed by atoms with Crippen LogP contribution in [0, 0.1) is 5.41 Å². The Bertz CT molecular complexity index is 737. The predicted molar refractivity (Wildman–Crippen MR) is 67.1 cm³/mol. The predicted octanol–water partition coefficient (Wildman–Crippen LogP) is -0.0171. The molecule has 0 saturated heterocycles. The number of aromatic amines is 3. The van der Waals surface area contributed by atoms with Gasteiger partial charge in [-0.15, -0.1) is 0 Å². The molecule has 2 aromatic heterocycles. The number of H-pyrrole nitrogens is 3. The number of hydrogen-bond donors (Lipinski definition) is 4. The zero-order chi connectivity index (χ0) is 14.2. The van der Waals surface area contributed by atoms with Crippen LogP contribution in [0.4, 0.5) is 0 Å². The standard InChI is InChI=1S/C11H14N4O4/c1-11(2,4-6(16)17)3-5-12-7-8(13-5)14-10(19)15-9(7)18/h3-4H2,1-2H3,(H,16,17)(H3,12,13,14,15,18,19). The van der Waals surface area contributed by atoms with Gasteiger partial charge in [-0.3, -0.25) is 19.6 Å². The van der Waals surface area contributed by atoms with Gasteiger partial charge in [0.05, 0.1) is 6.42 Å². The SMILES string of the molecule is CC(C)(CC(=O)O)Cc1nc2[nH]c(=O)[nH]c(=O)c2[nH]1. The van der Waals surface area contributed by atoms with Gasteiger partial charge in [0, 0.05) is 6.42 Å². The third-order valence-corrected chi connectivity index (χ3v) is 2.71. The molecule has 4 N–H and O–H groups in total. The molecule has 0 aliphatic heterocycles. The Morgan fingerprint density at radius 2 is 1.95 bits per heavy atom. The highest BCUT2D eigenvalue weighted by molar-refractivity contribution is 5.69. The molecule has 0 spiro atoms. The molecule has 2 heterocycles. The first-order valence-electron chi connectivity index (χ1n) is 5.70. The first-order valence-corrected chi connectivity index (χ1v) is 5.70. The van der Waals surface area contributed by atoms with Crippen molar-refractivity contribution < 1.29 is 9.90 Å². The molecule has 8 nitrogen and oxygen atoms in total. The molecular formula is C11H14N4O4. The molecule has 0 aliphatic rings. The Hall–Kier alpha value is -2.38. The monoisotopic (exact) mass is 266 g/mol. The number of carboxylic acids is 1. The molecule has 2 aromatic rings. The van der Waals surface area contributed by atoms with E-state index >= 15 is 0 Å². The molecule has 2 rings (SSSR count). The highest BCUT2D eigenvalue weighted by Crippen LogP contribution is 2.25. The summed E-state index contributed by atoms with van der Waals surface area (Å²) < 4.78 is 0. The Kier molecular flexibility index (Phi) is 3.01. The second-order valence-corrected chi connectivity index (χ2v) is 5.23. The van der Waals surface area contributed by atoms with Crippen LogP contribution < -0.4 is 11.2 Å². The number of carbonyl (C=O) groups is 1. The third kappa shape index (κ3) is 2.90. The lowest BCUT2D eigenvalue weighted by molar-refractivity contribution is -0.139. The van der Waals surface area contributed by atoms with Gasteiger partial charge in [0.2, 0.25) is 0 Å². The summed E-state index contributed by atoms with van der Waals surface area (Å²) in [6, 6.07) is 0. The van der Waals surface area contributed by atoms with Crippen molar-refractivity contribution in [2.24, 2.45) is 5.41 Å². The highest BCUT2D eigenvalue weighted by Gasteiger charge is 2.24. The summed E-state index contributed by atoms with van der Waals surface area (Å²) in [6.45, 7) is 3.59. The molecule has 0 atom stereocenters. The lowest BCUT2D eigenvalue weighted by Crippen LogP contribution is -2.21. The van der Waals surface area contributed by atoms with Gasteiger partial charge < -0.3 is 10.1 Å². The topological polar surface area (TPSA) is 132 Å². The number of aliphatic carboxylic acids is 1. The van der Waals surface area contributed by atoms with Gasteiger partial charge in [-0.25, -0.2) is 9.78 Å². The van der Waals surface area contributed by atoms with Crippen LogP contribution >= 0.6 is 0 Å². The fourth-order valence-corrected chi connectivity index (χ4v) is 1.99. The summed E-state index contributed by atoms with van der Waals surface area (Å²) >= 11 is 0. The fourth-order valence-electron chi connectivity index (χ4n) is 1.99. The minimum atomic E-state index is -0.896. The van der Waals surface area contributed by atoms with Crippen molar-refractivity contribution in [3.63, 3.8) is 0 Å². The second kappa shape index (κ2) is 4.38. The van der Waals surface area contributed by atoms with Crippen molar-refractivity contribution in [2.45, 2.75) is 26.7 Å². The number of carboxylic acid groups (broad SMARTS) is 1. The van der Waals surface area contributed by atoms with Gasteiger partial charge >= 0.3 is 11.7 Å². The molecule has 0 fully saturated rings. The van der Waals surface area contributed by atoms with Crippen molar-refractivity contribution in [3.8, 4) is 0 Å². The van der Waals surface area contributed by atoms with Gasteiger partial charge in [0.25, 0.3) is 5.56 Å². The summed E-state index contributed by atoms with van der Waals surface area (Å²) in [6.07, 6.45) is 0.340. The number of fused-ring (bicyclic) bond motifs is 1. The van der Waals surface area contributed by atoms with Crippen molar-refractivity contribution in [2.75, 3.05) is 0 Å². The van der Waals surface area contributed by atoms with E-state index in [4.69, 9.17) is 5.11 Å². The van der Waals surface area contributed by atoms with Crippen LogP contribution in [-0.4, -0.2) is 31.0 Å². The second-order valence-electron chi connectivity index (χ2n) is 5.23. The number of nitrogens with zero attached hydrogens (tertiary/aromatic N) is 1. The number of imidazole rings is 1. The van der Waals surface area contributed by atoms with Crippen LogP contribution in [0.5, 0.6) is 0 Å². The molecule has 0 aliphatic carbocycles. The molecule has 0 bridgehead atoms. The first-order chi connectivity index (χ1) is 8.77. The Morgan fingerprint density at radius 3 is 2.58 bits per heavy atom. The summed E-state index contributed by atoms with van der Waals surface area (Å²) in [4.78, 5) is 44.8. The van der Waals surface area contributed by atoms with E-state index in [0.717, 1.165) is 0 Å². The van der Waals surface area contributed by atoms with Crippen LogP contribution in [0.2, 0.25) is 0 Å². The molecular weight excluding hydrogens is 252 g/mol. The molecule has 8 heteroatoms. The Labute approximate surface area is 106 Å². The van der Waals surface area contributed by atoms with Gasteiger partial charge in [-0.1, -0.05) is 13.8 Å². The molecule has 0 unspecified atom stereocenters. The Morgan fingerprint density at radius 1 is 1.26 bits per heavy atom. The average molecular weight is 266 g/mol. The number of hydrogen-bond acceptors (Lipinski definition) is 4. The van der Waals surface area contributed by atoms with Crippen molar-refractivity contribution in [1.82, 2.24) is 19.9 Å². The largest absolute Gasteiger partial charge is 0.481 e. The lowest BCUT2D eigenvalue weighted by atomic mass is 9.85. The highest BCUT2D eigenvalue weighted by atomic mass is 16.4. The lowest BCUT2D eigenvalue weighted by Gasteiger charge is -2.20.